The summed E-state index contributed by atoms with van der Waals surface area (Å²) in [5, 5.41) is 7.74. The highest BCUT2D eigenvalue weighted by molar-refractivity contribution is 6.14. The van der Waals surface area contributed by atoms with Gasteiger partial charge in [0.2, 0.25) is 0 Å². The van der Waals surface area contributed by atoms with Crippen LogP contribution in [0.2, 0.25) is 0 Å². The number of benzene rings is 9. The second kappa shape index (κ2) is 17.9. The Kier molecular flexibility index (Phi) is 10.3. The van der Waals surface area contributed by atoms with Crippen molar-refractivity contribution in [2.75, 3.05) is 0 Å². The minimum atomic E-state index is -0.316. The molecule has 0 saturated heterocycles. The summed E-state index contributed by atoms with van der Waals surface area (Å²) in [6, 6.07) is 82.1. The van der Waals surface area contributed by atoms with Crippen LogP contribution in [0.15, 0.2) is 249 Å². The van der Waals surface area contributed by atoms with Gasteiger partial charge in [-0.3, -0.25) is 9.13 Å². The summed E-state index contributed by atoms with van der Waals surface area (Å²) in [6.07, 6.45) is 6.28. The molecular weight excluding hydrogens is 956 g/mol. The zero-order valence-electron chi connectivity index (χ0n) is 42.5. The number of nitrogens with zero attached hydrogens (tertiary/aromatic N) is 6. The van der Waals surface area contributed by atoms with E-state index in [1.807, 2.05) is 24.3 Å². The molecule has 15 rings (SSSR count). The van der Waals surface area contributed by atoms with Gasteiger partial charge in [-0.1, -0.05) is 176 Å². The Hall–Kier alpha value is -10.4. The normalized spacial score (nSPS) is 12.0. The first-order chi connectivity index (χ1) is 38.6. The lowest BCUT2D eigenvalue weighted by Gasteiger charge is -2.27. The lowest BCUT2D eigenvalue weighted by molar-refractivity contribution is 0.628. The van der Waals surface area contributed by atoms with Gasteiger partial charge in [-0.2, -0.15) is 0 Å². The molecule has 15 aromatic rings. The average molecular weight is 1000 g/mol. The number of rotatable bonds is 9. The van der Waals surface area contributed by atoms with E-state index in [0.717, 1.165) is 133 Å². The topological polar surface area (TPSA) is 45.5 Å². The summed E-state index contributed by atoms with van der Waals surface area (Å²) >= 11 is 0. The summed E-state index contributed by atoms with van der Waals surface area (Å²) in [5.41, 5.74) is 15.6. The Morgan fingerprint density at radius 2 is 0.731 bits per heavy atom. The predicted octanol–water partition coefficient (Wildman–Crippen LogP) is 18.5. The van der Waals surface area contributed by atoms with E-state index in [2.05, 4.69) is 250 Å². The molecule has 0 unspecified atom stereocenters. The lowest BCUT2D eigenvalue weighted by Crippen LogP contribution is -2.16. The fraction of sp³-hybridized carbons (Fsp3) is 0.0141. The van der Waals surface area contributed by atoms with Crippen LogP contribution >= 0.6 is 0 Å². The van der Waals surface area contributed by atoms with Crippen molar-refractivity contribution in [1.82, 2.24) is 28.2 Å². The summed E-state index contributed by atoms with van der Waals surface area (Å²) in [5.74, 6) is 1.12. The molecule has 7 heteroatoms. The van der Waals surface area contributed by atoms with Crippen molar-refractivity contribution < 1.29 is 4.39 Å². The van der Waals surface area contributed by atoms with Gasteiger partial charge in [0.05, 0.1) is 55.7 Å². The van der Waals surface area contributed by atoms with Crippen LogP contribution in [0.5, 0.6) is 0 Å². The van der Waals surface area contributed by atoms with Crippen LogP contribution in [0.25, 0.3) is 145 Å². The Labute approximate surface area is 448 Å². The zero-order chi connectivity index (χ0) is 52.0. The third-order valence-corrected chi connectivity index (χ3v) is 15.5. The van der Waals surface area contributed by atoms with Crippen LogP contribution in [0, 0.1) is 5.82 Å². The van der Waals surface area contributed by atoms with Crippen LogP contribution < -0.4 is 0 Å². The van der Waals surface area contributed by atoms with E-state index >= 15 is 4.39 Å². The molecule has 6 aromatic heterocycles. The maximum absolute atomic E-state index is 15.0. The van der Waals surface area contributed by atoms with Crippen LogP contribution in [-0.2, 0) is 0 Å². The molecule has 368 valence electrons. The standard InChI is InChI=1S/C71H47FN6/c1-3-22-49-50-25-8-15-32-60(50)75(59(49)4-2)68-67(47-43-57(45-23-6-5-7-24-45)73-58(44-47)46-39-41-48(72)42-40-46)69(76-61-33-16-9-26-51(61)52-27-10-17-34-62(52)76)71(78-65-37-20-13-30-55(65)56-31-14-21-38-66(56)78)74-70(68)77-63-35-18-11-28-53(63)54-29-12-19-36-64(54)77/h3-44H,2H2,1H3/b22-3-. The molecule has 0 atom stereocenters. The third-order valence-electron chi connectivity index (χ3n) is 15.5. The number of allylic oxidation sites excluding steroid dienone is 1. The molecule has 0 radical (unpaired) electrons. The van der Waals surface area contributed by atoms with Crippen molar-refractivity contribution in [3.63, 3.8) is 0 Å². The minimum Gasteiger partial charge on any atom is -0.305 e. The molecule has 0 N–H and O–H groups in total. The van der Waals surface area contributed by atoms with E-state index in [4.69, 9.17) is 9.97 Å². The van der Waals surface area contributed by atoms with Crippen molar-refractivity contribution in [1.29, 1.82) is 0 Å². The third kappa shape index (κ3) is 6.74. The van der Waals surface area contributed by atoms with Crippen molar-refractivity contribution >= 4 is 88.5 Å². The highest BCUT2D eigenvalue weighted by Crippen LogP contribution is 2.49. The van der Waals surface area contributed by atoms with Crippen molar-refractivity contribution in [3.05, 3.63) is 266 Å². The molecule has 0 bridgehead atoms. The molecule has 0 aliphatic heterocycles. The van der Waals surface area contributed by atoms with Gasteiger partial charge >= 0.3 is 0 Å². The summed E-state index contributed by atoms with van der Waals surface area (Å²) in [6.45, 7) is 6.68. The average Bonchev–Trinajstić information content (AvgIpc) is 4.02. The minimum absolute atomic E-state index is 0.316. The Morgan fingerprint density at radius 3 is 1.15 bits per heavy atom. The SMILES string of the molecule is C=Cc1c(/C=C\C)c2ccccc2n1-c1c(-n2c3ccccc3c3ccccc32)nc(-n2c3ccccc3c3ccccc32)c(-n2c3ccccc3c3ccccc32)c1-c1cc(-c2ccccc2)nc(-c2ccc(F)cc2)c1. The maximum atomic E-state index is 15.0. The summed E-state index contributed by atoms with van der Waals surface area (Å²) in [4.78, 5) is 11.8. The fourth-order valence-electron chi connectivity index (χ4n) is 12.3. The van der Waals surface area contributed by atoms with Gasteiger partial charge in [0.15, 0.2) is 11.6 Å². The number of halogens is 1. The molecule has 0 amide bonds. The number of aromatic nitrogens is 6. The van der Waals surface area contributed by atoms with Crippen molar-refractivity contribution in [3.8, 4) is 56.7 Å². The molecule has 0 aliphatic rings. The molecule has 78 heavy (non-hydrogen) atoms. The van der Waals surface area contributed by atoms with Gasteiger partial charge in [0.1, 0.15) is 17.2 Å². The first-order valence-electron chi connectivity index (χ1n) is 26.3. The smallest absolute Gasteiger partial charge is 0.165 e. The number of hydrogen-bond acceptors (Lipinski definition) is 2. The molecule has 0 spiro atoms. The van der Waals surface area contributed by atoms with Crippen molar-refractivity contribution in [2.45, 2.75) is 6.92 Å². The van der Waals surface area contributed by atoms with Gasteiger partial charge in [-0.15, -0.1) is 0 Å². The number of fused-ring (bicyclic) bond motifs is 10. The lowest BCUT2D eigenvalue weighted by atomic mass is 9.96. The number of pyridine rings is 2. The molecule has 0 aliphatic carbocycles. The Morgan fingerprint density at radius 1 is 0.372 bits per heavy atom. The first kappa shape index (κ1) is 45.1. The fourth-order valence-corrected chi connectivity index (χ4v) is 12.3. The predicted molar refractivity (Wildman–Crippen MR) is 323 cm³/mol. The second-order valence-electron chi connectivity index (χ2n) is 19.8. The largest absolute Gasteiger partial charge is 0.305 e. The molecule has 0 saturated carbocycles. The molecule has 6 heterocycles. The van der Waals surface area contributed by atoms with Gasteiger partial charge in [-0.05, 0) is 97.4 Å². The van der Waals surface area contributed by atoms with Crippen LogP contribution in [0.1, 0.15) is 18.2 Å². The zero-order valence-corrected chi connectivity index (χ0v) is 42.5. The summed E-state index contributed by atoms with van der Waals surface area (Å²) < 4.78 is 24.6. The highest BCUT2D eigenvalue weighted by atomic mass is 19.1. The number of hydrogen-bond donors (Lipinski definition) is 0. The van der Waals surface area contributed by atoms with E-state index in [-0.39, 0.29) is 5.82 Å². The second-order valence-corrected chi connectivity index (χ2v) is 19.8. The van der Waals surface area contributed by atoms with Crippen LogP contribution in [-0.4, -0.2) is 28.2 Å². The van der Waals surface area contributed by atoms with E-state index in [0.29, 0.717) is 11.5 Å². The maximum Gasteiger partial charge on any atom is 0.165 e. The summed E-state index contributed by atoms with van der Waals surface area (Å²) in [7, 11) is 0. The Bertz CT molecular complexity index is 4790. The number of para-hydroxylation sites is 7. The van der Waals surface area contributed by atoms with Gasteiger partial charge < -0.3 is 9.13 Å². The van der Waals surface area contributed by atoms with E-state index in [1.54, 1.807) is 0 Å². The quantitative estimate of drug-likeness (QED) is 0.145. The molecule has 0 fully saturated rings. The molecule has 9 aromatic carbocycles. The van der Waals surface area contributed by atoms with Crippen LogP contribution in [0.4, 0.5) is 4.39 Å². The van der Waals surface area contributed by atoms with Gasteiger partial charge in [-0.25, -0.2) is 14.4 Å². The molecule has 6 nitrogen and oxygen atoms in total. The highest BCUT2D eigenvalue weighted by Gasteiger charge is 2.33. The van der Waals surface area contributed by atoms with E-state index < -0.39 is 0 Å². The monoisotopic (exact) mass is 1000 g/mol. The van der Waals surface area contributed by atoms with E-state index in [9.17, 15) is 0 Å². The van der Waals surface area contributed by atoms with Crippen molar-refractivity contribution in [2.24, 2.45) is 0 Å². The Balaban J connectivity index is 1.29. The van der Waals surface area contributed by atoms with Gasteiger partial charge in [0, 0.05) is 60.0 Å². The van der Waals surface area contributed by atoms with E-state index in [1.165, 1.54) is 12.1 Å². The molecular formula is C71H47FN6. The first-order valence-corrected chi connectivity index (χ1v) is 26.3. The van der Waals surface area contributed by atoms with Crippen LogP contribution in [0.3, 0.4) is 0 Å². The van der Waals surface area contributed by atoms with Gasteiger partial charge in [0.25, 0.3) is 0 Å².